The third-order valence-electron chi connectivity index (χ3n) is 8.97. The van der Waals surface area contributed by atoms with E-state index in [0.717, 1.165) is 0 Å². The second-order valence-corrected chi connectivity index (χ2v) is 12.6. The molecule has 1 saturated carbocycles. The van der Waals surface area contributed by atoms with Crippen molar-refractivity contribution in [3.63, 3.8) is 0 Å². The average Bonchev–Trinajstić information content (AvgIpc) is 3.68. The number of alkyl halides is 5. The molecule has 2 aliphatic heterocycles. The molecule has 0 aromatic carbocycles. The first-order valence-corrected chi connectivity index (χ1v) is 15.7. The summed E-state index contributed by atoms with van der Waals surface area (Å²) in [5, 5.41) is 14.0. The number of ether oxygens (including phenoxy) is 2. The maximum Gasteiger partial charge on any atom is 0.416 e. The van der Waals surface area contributed by atoms with E-state index < -0.39 is 54.6 Å². The number of carbonyl (C=O) groups is 2. The maximum absolute atomic E-state index is 14.2. The molecule has 18 heteroatoms. The predicted molar refractivity (Wildman–Crippen MR) is 153 cm³/mol. The highest BCUT2D eigenvalue weighted by Crippen LogP contribution is 2.41. The van der Waals surface area contributed by atoms with Gasteiger partial charge < -0.3 is 20.1 Å². The summed E-state index contributed by atoms with van der Waals surface area (Å²) in [7, 11) is 0. The van der Waals surface area contributed by atoms with Crippen molar-refractivity contribution in [1.82, 2.24) is 45.0 Å². The van der Waals surface area contributed by atoms with E-state index in [1.54, 1.807) is 0 Å². The Balaban J connectivity index is 1.36. The van der Waals surface area contributed by atoms with E-state index in [1.165, 1.54) is 21.7 Å². The molecule has 0 spiro atoms. The van der Waals surface area contributed by atoms with E-state index in [1.807, 2.05) is 13.8 Å². The molecule has 1 aliphatic carbocycles. The first kappa shape index (κ1) is 33.1. The summed E-state index contributed by atoms with van der Waals surface area (Å²) in [4.78, 5) is 39.6. The highest BCUT2D eigenvalue weighted by atomic mass is 19.4. The number of fused-ring (bicyclic) bond motifs is 1. The number of halogens is 5. The fourth-order valence-electron chi connectivity index (χ4n) is 6.43. The molecule has 3 fully saturated rings. The fraction of sp³-hybridized carbons (Fsp3) is 0.690. The molecule has 47 heavy (non-hydrogen) atoms. The van der Waals surface area contributed by atoms with E-state index in [-0.39, 0.29) is 61.4 Å². The molecular weight excluding hydrogens is 633 g/mol. The Labute approximate surface area is 266 Å². The van der Waals surface area contributed by atoms with Gasteiger partial charge in [0.2, 0.25) is 17.7 Å². The highest BCUT2D eigenvalue weighted by molar-refractivity contribution is 5.91. The standard InChI is InChI=1S/C29H36F5N9O4/c1-15(2)43-24(36-14-37-43)26(45)39-23(16-3-7-28(30,31)8-4-16)19-13-42-27(38-19)40-22(17-5-9-46-10-6-17)18(41-42)11-20-25(44)35-12-21(47-20)29(32,33)34/h13-17,20-21,23H,3-12H2,1-2H3,(H,35,44)(H,39,45)/t20?,21?,23-/m0/s1. The second-order valence-electron chi connectivity index (χ2n) is 12.6. The lowest BCUT2D eigenvalue weighted by Crippen LogP contribution is -2.55. The minimum absolute atomic E-state index is 0.0539. The van der Waals surface area contributed by atoms with E-state index in [2.05, 4.69) is 30.8 Å². The zero-order chi connectivity index (χ0) is 33.5. The van der Waals surface area contributed by atoms with Crippen molar-refractivity contribution in [2.45, 2.75) is 101 Å². The van der Waals surface area contributed by atoms with Crippen molar-refractivity contribution in [3.05, 3.63) is 35.4 Å². The minimum atomic E-state index is -4.67. The topological polar surface area (TPSA) is 150 Å². The number of nitrogens with zero attached hydrogens (tertiary/aromatic N) is 7. The number of hydrogen-bond acceptors (Lipinski definition) is 9. The summed E-state index contributed by atoms with van der Waals surface area (Å²) in [5.41, 5.74) is 1.05. The summed E-state index contributed by atoms with van der Waals surface area (Å²) >= 11 is 0. The maximum atomic E-state index is 14.2. The van der Waals surface area contributed by atoms with Crippen molar-refractivity contribution in [2.75, 3.05) is 19.8 Å². The average molecular weight is 670 g/mol. The Morgan fingerprint density at radius 2 is 1.87 bits per heavy atom. The quantitative estimate of drug-likeness (QED) is 0.344. The van der Waals surface area contributed by atoms with E-state index in [4.69, 9.17) is 14.5 Å². The van der Waals surface area contributed by atoms with Crippen molar-refractivity contribution in [3.8, 4) is 0 Å². The summed E-state index contributed by atoms with van der Waals surface area (Å²) < 4.78 is 82.2. The molecule has 3 aromatic rings. The van der Waals surface area contributed by atoms with Gasteiger partial charge in [0.05, 0.1) is 35.9 Å². The van der Waals surface area contributed by atoms with Crippen LogP contribution in [0.2, 0.25) is 0 Å². The first-order valence-electron chi connectivity index (χ1n) is 15.7. The van der Waals surface area contributed by atoms with Crippen LogP contribution in [0.4, 0.5) is 22.0 Å². The van der Waals surface area contributed by atoms with Gasteiger partial charge in [-0.05, 0) is 45.4 Å². The van der Waals surface area contributed by atoms with Crippen LogP contribution >= 0.6 is 0 Å². The van der Waals surface area contributed by atoms with Crippen LogP contribution in [0.3, 0.4) is 0 Å². The molecule has 5 heterocycles. The summed E-state index contributed by atoms with van der Waals surface area (Å²) in [6, 6.07) is -0.980. The lowest BCUT2D eigenvalue weighted by molar-refractivity contribution is -0.237. The Morgan fingerprint density at radius 1 is 1.15 bits per heavy atom. The number of rotatable bonds is 8. The molecule has 3 atom stereocenters. The van der Waals surface area contributed by atoms with E-state index in [9.17, 15) is 31.5 Å². The molecule has 0 bridgehead atoms. The molecule has 2 unspecified atom stereocenters. The van der Waals surface area contributed by atoms with Gasteiger partial charge in [0, 0.05) is 44.4 Å². The van der Waals surface area contributed by atoms with Gasteiger partial charge in [0.25, 0.3) is 11.7 Å². The van der Waals surface area contributed by atoms with Gasteiger partial charge >= 0.3 is 6.18 Å². The first-order chi connectivity index (χ1) is 22.3. The van der Waals surface area contributed by atoms with Crippen molar-refractivity contribution < 1.29 is 41.0 Å². The number of nitrogens with one attached hydrogen (secondary N) is 2. The fourth-order valence-corrected chi connectivity index (χ4v) is 6.43. The summed E-state index contributed by atoms with van der Waals surface area (Å²) in [6.07, 6.45) is -5.11. The third kappa shape index (κ3) is 7.22. The zero-order valence-corrected chi connectivity index (χ0v) is 25.8. The molecule has 3 aliphatic rings. The van der Waals surface area contributed by atoms with Gasteiger partial charge in [-0.25, -0.2) is 32.9 Å². The predicted octanol–water partition coefficient (Wildman–Crippen LogP) is 3.48. The van der Waals surface area contributed by atoms with Crippen molar-refractivity contribution >= 4 is 17.6 Å². The van der Waals surface area contributed by atoms with Crippen LogP contribution in [-0.2, 0) is 20.7 Å². The van der Waals surface area contributed by atoms with Crippen LogP contribution in [0.15, 0.2) is 12.5 Å². The van der Waals surface area contributed by atoms with Crippen molar-refractivity contribution in [1.29, 1.82) is 0 Å². The Kier molecular flexibility index (Phi) is 9.17. The molecule has 256 valence electrons. The number of imidazole rings is 1. The smallest absolute Gasteiger partial charge is 0.381 e. The number of carbonyl (C=O) groups excluding carboxylic acids is 2. The van der Waals surface area contributed by atoms with Gasteiger partial charge in [-0.15, -0.1) is 0 Å². The zero-order valence-electron chi connectivity index (χ0n) is 25.8. The monoisotopic (exact) mass is 669 g/mol. The number of aromatic nitrogens is 7. The van der Waals surface area contributed by atoms with E-state index in [0.29, 0.717) is 37.4 Å². The molecule has 3 aromatic heterocycles. The van der Waals surface area contributed by atoms with Crippen LogP contribution < -0.4 is 10.6 Å². The Morgan fingerprint density at radius 3 is 2.55 bits per heavy atom. The summed E-state index contributed by atoms with van der Waals surface area (Å²) in [5.74, 6) is -4.41. The largest absolute Gasteiger partial charge is 0.416 e. The molecule has 2 N–H and O–H groups in total. The van der Waals surface area contributed by atoms with Crippen molar-refractivity contribution in [2.24, 2.45) is 5.92 Å². The Bertz CT molecular complexity index is 1590. The second kappa shape index (κ2) is 13.0. The van der Waals surface area contributed by atoms with Gasteiger partial charge in [-0.1, -0.05) is 0 Å². The molecule has 6 rings (SSSR count). The van der Waals surface area contributed by atoms with Crippen LogP contribution in [0.25, 0.3) is 5.78 Å². The molecule has 13 nitrogen and oxygen atoms in total. The van der Waals surface area contributed by atoms with Gasteiger partial charge in [0.1, 0.15) is 12.4 Å². The van der Waals surface area contributed by atoms with Gasteiger partial charge in [-0.3, -0.25) is 9.59 Å². The number of hydrogen-bond donors (Lipinski definition) is 2. The third-order valence-corrected chi connectivity index (χ3v) is 8.97. The number of morpholine rings is 1. The SMILES string of the molecule is CC(C)n1ncnc1C(=O)N[C@H](c1cn2nc(CC3OC(C(F)(F)F)CNC3=O)c(C3CCOCC3)nc2n1)C1CCC(F)(F)CC1. The highest BCUT2D eigenvalue weighted by Gasteiger charge is 2.46. The van der Waals surface area contributed by atoms with Crippen LogP contribution in [0.1, 0.15) is 98.1 Å². The summed E-state index contributed by atoms with van der Waals surface area (Å²) in [6.45, 7) is 3.87. The van der Waals surface area contributed by atoms with Crippen LogP contribution in [0.5, 0.6) is 0 Å². The lowest BCUT2D eigenvalue weighted by atomic mass is 9.81. The minimum Gasteiger partial charge on any atom is -0.381 e. The molecule has 2 amide bonds. The molecule has 0 radical (unpaired) electrons. The number of amides is 2. The van der Waals surface area contributed by atoms with E-state index >= 15 is 0 Å². The molecule has 2 saturated heterocycles. The van der Waals surface area contributed by atoms with Crippen LogP contribution in [-0.4, -0.2) is 90.2 Å². The Hall–Kier alpha value is -3.80. The normalized spacial score (nSPS) is 23.6. The van der Waals surface area contributed by atoms with Gasteiger partial charge in [0.15, 0.2) is 6.10 Å². The lowest BCUT2D eigenvalue weighted by Gasteiger charge is -2.33. The van der Waals surface area contributed by atoms with Gasteiger partial charge in [-0.2, -0.15) is 23.4 Å². The van der Waals surface area contributed by atoms with Crippen LogP contribution in [0, 0.1) is 5.92 Å². The molecular formula is C29H36F5N9O4.